The summed E-state index contributed by atoms with van der Waals surface area (Å²) in [6, 6.07) is 1.88. The predicted octanol–water partition coefficient (Wildman–Crippen LogP) is 2.83. The second kappa shape index (κ2) is 8.30. The number of amides is 1. The number of aryl methyl sites for hydroxylation is 1. The second-order valence-electron chi connectivity index (χ2n) is 6.63. The predicted molar refractivity (Wildman–Crippen MR) is 108 cm³/mol. The van der Waals surface area contributed by atoms with Crippen molar-refractivity contribution in [2.24, 2.45) is 7.05 Å². The van der Waals surface area contributed by atoms with Gasteiger partial charge in [-0.25, -0.2) is 9.97 Å². The Hall–Kier alpha value is -3.07. The van der Waals surface area contributed by atoms with E-state index in [9.17, 15) is 4.79 Å². The van der Waals surface area contributed by atoms with Crippen LogP contribution in [0.15, 0.2) is 42.3 Å². The minimum atomic E-state index is 0.0269. The molecule has 3 aromatic rings. The highest BCUT2D eigenvalue weighted by molar-refractivity contribution is 7.13. The van der Waals surface area contributed by atoms with Gasteiger partial charge in [-0.3, -0.25) is 14.5 Å². The molecule has 1 atom stereocenters. The molecule has 0 radical (unpaired) electrons. The largest absolute Gasteiger partial charge is 0.338 e. The van der Waals surface area contributed by atoms with Crippen LogP contribution in [0.25, 0.3) is 6.08 Å². The zero-order chi connectivity index (χ0) is 19.3. The van der Waals surface area contributed by atoms with Crippen LogP contribution in [-0.4, -0.2) is 48.6 Å². The summed E-state index contributed by atoms with van der Waals surface area (Å²) in [6.45, 7) is 1.46. The molecule has 0 bridgehead atoms. The van der Waals surface area contributed by atoms with Crippen LogP contribution in [0, 0.1) is 0 Å². The van der Waals surface area contributed by atoms with Crippen LogP contribution in [0.5, 0.6) is 0 Å². The van der Waals surface area contributed by atoms with Crippen molar-refractivity contribution in [2.75, 3.05) is 18.4 Å². The van der Waals surface area contributed by atoms with Crippen LogP contribution < -0.4 is 5.32 Å². The van der Waals surface area contributed by atoms with Crippen molar-refractivity contribution in [3.63, 3.8) is 0 Å². The summed E-state index contributed by atoms with van der Waals surface area (Å²) in [5.41, 5.74) is 1.92. The van der Waals surface area contributed by atoms with Crippen LogP contribution in [-0.2, 0) is 11.8 Å². The molecular weight excluding hydrogens is 374 g/mol. The van der Waals surface area contributed by atoms with E-state index in [1.165, 1.54) is 0 Å². The van der Waals surface area contributed by atoms with Gasteiger partial charge >= 0.3 is 0 Å². The molecule has 1 fully saturated rings. The molecule has 0 aliphatic carbocycles. The third-order valence-electron chi connectivity index (χ3n) is 4.73. The van der Waals surface area contributed by atoms with Gasteiger partial charge in [-0.1, -0.05) is 0 Å². The Labute approximate surface area is 167 Å². The molecule has 1 saturated heterocycles. The first-order valence-corrected chi connectivity index (χ1v) is 10.0. The lowest BCUT2D eigenvalue weighted by Gasteiger charge is -2.31. The fraction of sp³-hybridized carbons (Fsp3) is 0.316. The van der Waals surface area contributed by atoms with Gasteiger partial charge in [0.05, 0.1) is 17.6 Å². The number of rotatable bonds is 5. The van der Waals surface area contributed by atoms with E-state index in [-0.39, 0.29) is 11.8 Å². The van der Waals surface area contributed by atoms with Gasteiger partial charge in [-0.05, 0) is 25.0 Å². The van der Waals surface area contributed by atoms with Gasteiger partial charge in [-0.2, -0.15) is 5.10 Å². The first-order chi connectivity index (χ1) is 13.7. The highest BCUT2D eigenvalue weighted by atomic mass is 32.1. The van der Waals surface area contributed by atoms with Gasteiger partial charge in [0.1, 0.15) is 0 Å². The standard InChI is InChI=1S/C19H21N7OS/c1-25-15(6-7-22-25)4-5-18(27)26-10-2-3-14(12-26)16-13-28-19(23-16)24-17-11-20-8-9-21-17/h4-9,11,13-14H,2-3,10,12H2,1H3,(H,21,23,24)/b5-4+/t14-/m0/s1. The van der Waals surface area contributed by atoms with Crippen molar-refractivity contribution in [1.29, 1.82) is 0 Å². The van der Waals surface area contributed by atoms with Crippen LogP contribution in [0.3, 0.4) is 0 Å². The number of anilines is 2. The van der Waals surface area contributed by atoms with Crippen molar-refractivity contribution in [1.82, 2.24) is 29.6 Å². The number of hydrogen-bond donors (Lipinski definition) is 1. The number of thiazole rings is 1. The first kappa shape index (κ1) is 18.3. The number of hydrogen-bond acceptors (Lipinski definition) is 7. The number of nitrogens with zero attached hydrogens (tertiary/aromatic N) is 6. The molecule has 1 aliphatic rings. The monoisotopic (exact) mass is 395 g/mol. The van der Waals surface area contributed by atoms with Crippen molar-refractivity contribution < 1.29 is 4.79 Å². The maximum absolute atomic E-state index is 12.6. The Bertz CT molecular complexity index is 966. The highest BCUT2D eigenvalue weighted by Gasteiger charge is 2.25. The molecule has 3 aromatic heterocycles. The molecule has 1 N–H and O–H groups in total. The molecular formula is C19H21N7OS. The van der Waals surface area contributed by atoms with Gasteiger partial charge < -0.3 is 10.2 Å². The SMILES string of the molecule is Cn1nccc1/C=C/C(=O)N1CCC[C@H](c2csc(Nc3cnccn3)n2)C1. The first-order valence-electron chi connectivity index (χ1n) is 9.12. The van der Waals surface area contributed by atoms with Crippen molar-refractivity contribution >= 4 is 34.3 Å². The van der Waals surface area contributed by atoms with Crippen molar-refractivity contribution in [3.8, 4) is 0 Å². The molecule has 8 nitrogen and oxygen atoms in total. The fourth-order valence-electron chi connectivity index (χ4n) is 3.23. The smallest absolute Gasteiger partial charge is 0.246 e. The van der Waals surface area contributed by atoms with E-state index in [2.05, 4.69) is 25.8 Å². The fourth-order valence-corrected chi connectivity index (χ4v) is 4.03. The third-order valence-corrected chi connectivity index (χ3v) is 5.50. The van der Waals surface area contributed by atoms with E-state index < -0.39 is 0 Å². The second-order valence-corrected chi connectivity index (χ2v) is 7.49. The Morgan fingerprint density at radius 2 is 2.29 bits per heavy atom. The maximum Gasteiger partial charge on any atom is 0.246 e. The number of likely N-dealkylation sites (tertiary alicyclic amines) is 1. The molecule has 0 aromatic carbocycles. The van der Waals surface area contributed by atoms with E-state index in [1.54, 1.807) is 46.9 Å². The number of carbonyl (C=O) groups is 1. The van der Waals surface area contributed by atoms with Crippen LogP contribution in [0.2, 0.25) is 0 Å². The summed E-state index contributed by atoms with van der Waals surface area (Å²) in [5.74, 6) is 0.944. The summed E-state index contributed by atoms with van der Waals surface area (Å²) in [6.07, 6.45) is 12.1. The number of piperidine rings is 1. The summed E-state index contributed by atoms with van der Waals surface area (Å²) >= 11 is 1.54. The molecule has 0 unspecified atom stereocenters. The quantitative estimate of drug-likeness (QED) is 0.668. The Balaban J connectivity index is 1.39. The van der Waals surface area contributed by atoms with E-state index in [0.29, 0.717) is 12.4 Å². The van der Waals surface area contributed by atoms with Crippen LogP contribution in [0.1, 0.15) is 30.1 Å². The molecule has 144 valence electrons. The Kier molecular flexibility index (Phi) is 5.43. The van der Waals surface area contributed by atoms with E-state index in [1.807, 2.05) is 24.1 Å². The maximum atomic E-state index is 12.6. The Morgan fingerprint density at radius 3 is 3.07 bits per heavy atom. The number of aromatic nitrogens is 5. The van der Waals surface area contributed by atoms with Gasteiger partial charge in [0, 0.05) is 56.1 Å². The van der Waals surface area contributed by atoms with Gasteiger partial charge in [-0.15, -0.1) is 11.3 Å². The van der Waals surface area contributed by atoms with Crippen LogP contribution >= 0.6 is 11.3 Å². The normalized spacial score (nSPS) is 17.2. The molecule has 1 aliphatic heterocycles. The summed E-state index contributed by atoms with van der Waals surface area (Å²) in [7, 11) is 1.86. The molecule has 0 spiro atoms. The Morgan fingerprint density at radius 1 is 1.36 bits per heavy atom. The molecule has 28 heavy (non-hydrogen) atoms. The van der Waals surface area contributed by atoms with E-state index in [0.717, 1.165) is 35.9 Å². The molecule has 9 heteroatoms. The average molecular weight is 395 g/mol. The highest BCUT2D eigenvalue weighted by Crippen LogP contribution is 2.30. The summed E-state index contributed by atoms with van der Waals surface area (Å²) in [5, 5.41) is 10.1. The number of nitrogens with one attached hydrogen (secondary N) is 1. The lowest BCUT2D eigenvalue weighted by Crippen LogP contribution is -2.38. The van der Waals surface area contributed by atoms with Crippen molar-refractivity contribution in [2.45, 2.75) is 18.8 Å². The van der Waals surface area contributed by atoms with Crippen LogP contribution in [0.4, 0.5) is 10.9 Å². The lowest BCUT2D eigenvalue weighted by atomic mass is 9.95. The minimum absolute atomic E-state index is 0.0269. The average Bonchev–Trinajstić information content (AvgIpc) is 3.36. The van der Waals surface area contributed by atoms with E-state index >= 15 is 0 Å². The van der Waals surface area contributed by atoms with Crippen molar-refractivity contribution in [3.05, 3.63) is 53.7 Å². The molecule has 4 heterocycles. The molecule has 4 rings (SSSR count). The summed E-state index contributed by atoms with van der Waals surface area (Å²) < 4.78 is 1.74. The van der Waals surface area contributed by atoms with Gasteiger partial charge in [0.15, 0.2) is 10.9 Å². The molecule has 0 saturated carbocycles. The zero-order valence-electron chi connectivity index (χ0n) is 15.5. The summed E-state index contributed by atoms with van der Waals surface area (Å²) in [4.78, 5) is 27.4. The van der Waals surface area contributed by atoms with Gasteiger partial charge in [0.25, 0.3) is 0 Å². The zero-order valence-corrected chi connectivity index (χ0v) is 16.3. The molecule has 1 amide bonds. The topological polar surface area (TPSA) is 88.8 Å². The minimum Gasteiger partial charge on any atom is -0.338 e. The van der Waals surface area contributed by atoms with Gasteiger partial charge in [0.2, 0.25) is 5.91 Å². The third kappa shape index (κ3) is 4.25. The lowest BCUT2D eigenvalue weighted by molar-refractivity contribution is -0.127. The van der Waals surface area contributed by atoms with E-state index in [4.69, 9.17) is 4.98 Å². The number of carbonyl (C=O) groups excluding carboxylic acids is 1.